The molecule has 5 heteroatoms. The third-order valence-corrected chi connectivity index (χ3v) is 6.09. The second kappa shape index (κ2) is 7.77. The van der Waals surface area contributed by atoms with Crippen LogP contribution in [0.25, 0.3) is 0 Å². The maximum atomic E-state index is 12.9. The van der Waals surface area contributed by atoms with Gasteiger partial charge in [-0.2, -0.15) is 0 Å². The summed E-state index contributed by atoms with van der Waals surface area (Å²) in [5, 5.41) is 0. The molecule has 2 aliphatic heterocycles. The predicted molar refractivity (Wildman–Crippen MR) is 102 cm³/mol. The molecule has 1 aromatic heterocycles. The van der Waals surface area contributed by atoms with Crippen molar-refractivity contribution in [3.63, 3.8) is 0 Å². The van der Waals surface area contributed by atoms with E-state index >= 15 is 0 Å². The summed E-state index contributed by atoms with van der Waals surface area (Å²) in [7, 11) is 0. The molecule has 0 radical (unpaired) electrons. The van der Waals surface area contributed by atoms with Gasteiger partial charge in [0.05, 0.1) is 5.56 Å². The summed E-state index contributed by atoms with van der Waals surface area (Å²) in [6, 6.07) is 4.46. The first kappa shape index (κ1) is 18.9. The Kier molecular flexibility index (Phi) is 5.64. The topological polar surface area (TPSA) is 53.5 Å². The highest BCUT2D eigenvalue weighted by Crippen LogP contribution is 2.26. The minimum atomic E-state index is -0.0246. The molecule has 2 amide bonds. The monoisotopic (exact) mass is 357 g/mol. The zero-order chi connectivity index (χ0) is 18.8. The van der Waals surface area contributed by atoms with E-state index in [-0.39, 0.29) is 36.0 Å². The minimum Gasteiger partial charge on any atom is -0.333 e. The van der Waals surface area contributed by atoms with E-state index in [1.54, 1.807) is 18.3 Å². The lowest BCUT2D eigenvalue weighted by Crippen LogP contribution is -2.48. The van der Waals surface area contributed by atoms with Crippen molar-refractivity contribution in [2.75, 3.05) is 0 Å². The van der Waals surface area contributed by atoms with E-state index < -0.39 is 0 Å². The van der Waals surface area contributed by atoms with Crippen LogP contribution in [0.5, 0.6) is 0 Å². The van der Waals surface area contributed by atoms with Crippen molar-refractivity contribution in [3.8, 4) is 0 Å². The van der Waals surface area contributed by atoms with Crippen LogP contribution in [0.2, 0.25) is 0 Å². The Morgan fingerprint density at radius 1 is 0.808 bits per heavy atom. The van der Waals surface area contributed by atoms with Crippen LogP contribution in [-0.2, 0) is 0 Å². The van der Waals surface area contributed by atoms with E-state index in [1.807, 2.05) is 9.80 Å². The molecular formula is C21H31N3O2. The number of hydrogen-bond donors (Lipinski definition) is 0. The van der Waals surface area contributed by atoms with Gasteiger partial charge in [0.2, 0.25) is 0 Å². The molecule has 0 bridgehead atoms. The molecule has 2 fully saturated rings. The Morgan fingerprint density at radius 3 is 1.69 bits per heavy atom. The highest BCUT2D eigenvalue weighted by molar-refractivity contribution is 5.96. The van der Waals surface area contributed by atoms with Gasteiger partial charge in [-0.15, -0.1) is 0 Å². The highest BCUT2D eigenvalue weighted by atomic mass is 16.2. The van der Waals surface area contributed by atoms with Gasteiger partial charge in [-0.05, 0) is 78.4 Å². The van der Waals surface area contributed by atoms with Crippen LogP contribution in [0.15, 0.2) is 18.3 Å². The molecular weight excluding hydrogens is 326 g/mol. The molecule has 5 nitrogen and oxygen atoms in total. The average Bonchev–Trinajstić information content (AvgIpc) is 2.61. The van der Waals surface area contributed by atoms with E-state index in [0.29, 0.717) is 11.3 Å². The zero-order valence-electron chi connectivity index (χ0n) is 16.4. The Bertz CT molecular complexity index is 581. The predicted octanol–water partition coefficient (Wildman–Crippen LogP) is 3.89. The molecule has 4 atom stereocenters. The van der Waals surface area contributed by atoms with Gasteiger partial charge in [0.1, 0.15) is 5.69 Å². The van der Waals surface area contributed by atoms with Crippen molar-refractivity contribution in [1.82, 2.24) is 14.8 Å². The lowest BCUT2D eigenvalue weighted by molar-refractivity contribution is 0.0492. The first-order valence-corrected chi connectivity index (χ1v) is 10.0. The maximum absolute atomic E-state index is 12.9. The number of piperidine rings is 2. The van der Waals surface area contributed by atoms with Crippen LogP contribution in [0.4, 0.5) is 0 Å². The summed E-state index contributed by atoms with van der Waals surface area (Å²) in [5.41, 5.74) is 1.00. The number of nitrogens with zero attached hydrogens (tertiary/aromatic N) is 3. The van der Waals surface area contributed by atoms with Crippen LogP contribution in [-0.4, -0.2) is 50.8 Å². The quantitative estimate of drug-likeness (QED) is 0.807. The molecule has 0 spiro atoms. The van der Waals surface area contributed by atoms with Gasteiger partial charge in [0, 0.05) is 30.4 Å². The normalized spacial score (nSPS) is 29.5. The molecule has 142 valence electrons. The number of carbonyl (C=O) groups excluding carboxylic acids is 2. The fraction of sp³-hybridized carbons (Fsp3) is 0.667. The summed E-state index contributed by atoms with van der Waals surface area (Å²) in [6.07, 6.45) is 8.08. The summed E-state index contributed by atoms with van der Waals surface area (Å²) in [6.45, 7) is 8.42. The van der Waals surface area contributed by atoms with Crippen LogP contribution in [0, 0.1) is 0 Å². The SMILES string of the molecule is CC1CCCC(C)N1C(=O)c1ccc(C(=O)N2C(C)CCCC2C)nc1. The second-order valence-corrected chi connectivity index (χ2v) is 8.11. The Labute approximate surface area is 156 Å². The number of pyridine rings is 1. The van der Waals surface area contributed by atoms with Crippen LogP contribution in [0.1, 0.15) is 87.1 Å². The number of likely N-dealkylation sites (tertiary alicyclic amines) is 2. The van der Waals surface area contributed by atoms with E-state index in [1.165, 1.54) is 12.8 Å². The van der Waals surface area contributed by atoms with Crippen LogP contribution < -0.4 is 0 Å². The Morgan fingerprint density at radius 2 is 1.27 bits per heavy atom. The lowest BCUT2D eigenvalue weighted by atomic mass is 9.96. The molecule has 4 unspecified atom stereocenters. The van der Waals surface area contributed by atoms with E-state index in [2.05, 4.69) is 32.7 Å². The smallest absolute Gasteiger partial charge is 0.272 e. The number of carbonyl (C=O) groups is 2. The molecule has 0 saturated carbocycles. The second-order valence-electron chi connectivity index (χ2n) is 8.11. The molecule has 0 N–H and O–H groups in total. The summed E-state index contributed by atoms with van der Waals surface area (Å²) < 4.78 is 0. The standard InChI is InChI=1S/C21H31N3O2/c1-14-7-5-8-15(2)23(14)20(25)18-11-12-19(22-13-18)21(26)24-16(3)9-6-10-17(24)4/h11-17H,5-10H2,1-4H3. The number of aromatic nitrogens is 1. The zero-order valence-corrected chi connectivity index (χ0v) is 16.4. The van der Waals surface area contributed by atoms with Crippen molar-refractivity contribution in [2.24, 2.45) is 0 Å². The van der Waals surface area contributed by atoms with Crippen molar-refractivity contribution in [3.05, 3.63) is 29.6 Å². The first-order chi connectivity index (χ1) is 12.4. The largest absolute Gasteiger partial charge is 0.333 e. The third kappa shape index (κ3) is 3.62. The summed E-state index contributed by atoms with van der Waals surface area (Å²) in [5.74, 6) is -0.000634. The van der Waals surface area contributed by atoms with Gasteiger partial charge in [0.15, 0.2) is 0 Å². The van der Waals surface area contributed by atoms with Crippen molar-refractivity contribution < 1.29 is 9.59 Å². The molecule has 1 aromatic rings. The van der Waals surface area contributed by atoms with Crippen molar-refractivity contribution in [1.29, 1.82) is 0 Å². The highest BCUT2D eigenvalue weighted by Gasteiger charge is 2.32. The molecule has 2 aliphatic rings. The lowest BCUT2D eigenvalue weighted by Gasteiger charge is -2.39. The number of rotatable bonds is 2. The number of hydrogen-bond acceptors (Lipinski definition) is 3. The minimum absolute atomic E-state index is 0.0240. The fourth-order valence-corrected chi connectivity index (χ4v) is 4.57. The van der Waals surface area contributed by atoms with Gasteiger partial charge >= 0.3 is 0 Å². The van der Waals surface area contributed by atoms with Crippen LogP contribution >= 0.6 is 0 Å². The molecule has 3 rings (SSSR count). The number of amides is 2. The molecule has 2 saturated heterocycles. The van der Waals surface area contributed by atoms with Crippen molar-refractivity contribution >= 4 is 11.8 Å². The van der Waals surface area contributed by atoms with Gasteiger partial charge < -0.3 is 9.80 Å². The molecule has 26 heavy (non-hydrogen) atoms. The summed E-state index contributed by atoms with van der Waals surface area (Å²) >= 11 is 0. The molecule has 0 aliphatic carbocycles. The Hall–Kier alpha value is -1.91. The fourth-order valence-electron chi connectivity index (χ4n) is 4.57. The van der Waals surface area contributed by atoms with Crippen LogP contribution in [0.3, 0.4) is 0 Å². The van der Waals surface area contributed by atoms with Crippen molar-refractivity contribution in [2.45, 2.75) is 90.4 Å². The van der Waals surface area contributed by atoms with Gasteiger partial charge in [0.25, 0.3) is 11.8 Å². The maximum Gasteiger partial charge on any atom is 0.272 e. The van der Waals surface area contributed by atoms with E-state index in [4.69, 9.17) is 0 Å². The van der Waals surface area contributed by atoms with Gasteiger partial charge in [-0.1, -0.05) is 0 Å². The van der Waals surface area contributed by atoms with E-state index in [0.717, 1.165) is 25.7 Å². The molecule has 3 heterocycles. The Balaban J connectivity index is 1.75. The third-order valence-electron chi connectivity index (χ3n) is 6.09. The molecule has 0 aromatic carbocycles. The van der Waals surface area contributed by atoms with Gasteiger partial charge in [-0.3, -0.25) is 14.6 Å². The van der Waals surface area contributed by atoms with Gasteiger partial charge in [-0.25, -0.2) is 0 Å². The van der Waals surface area contributed by atoms with E-state index in [9.17, 15) is 9.59 Å². The average molecular weight is 357 g/mol. The first-order valence-electron chi connectivity index (χ1n) is 10.0. The summed E-state index contributed by atoms with van der Waals surface area (Å²) in [4.78, 5) is 34.0.